The van der Waals surface area contributed by atoms with Crippen molar-refractivity contribution in [1.82, 2.24) is 15.1 Å². The minimum absolute atomic E-state index is 0.142. The Bertz CT molecular complexity index is 1410. The van der Waals surface area contributed by atoms with E-state index in [0.717, 1.165) is 15.8 Å². The summed E-state index contributed by atoms with van der Waals surface area (Å²) in [7, 11) is 0. The zero-order valence-electron chi connectivity index (χ0n) is 22.2. The van der Waals surface area contributed by atoms with Gasteiger partial charge in [0, 0.05) is 12.0 Å². The van der Waals surface area contributed by atoms with Gasteiger partial charge in [-0.05, 0) is 54.2 Å². The summed E-state index contributed by atoms with van der Waals surface area (Å²) in [5.41, 5.74) is 2.55. The van der Waals surface area contributed by atoms with Crippen molar-refractivity contribution in [1.29, 1.82) is 0 Å². The maximum absolute atomic E-state index is 13.2. The number of nitrogens with zero attached hydrogens (tertiary/aromatic N) is 2. The minimum atomic E-state index is -0.775. The van der Waals surface area contributed by atoms with Gasteiger partial charge in [0.15, 0.2) is 5.78 Å². The van der Waals surface area contributed by atoms with E-state index in [9.17, 15) is 14.4 Å². The number of benzene rings is 3. The average Bonchev–Trinajstić information content (AvgIpc) is 3.30. The van der Waals surface area contributed by atoms with Crippen LogP contribution in [0.2, 0.25) is 0 Å². The summed E-state index contributed by atoms with van der Waals surface area (Å²) in [4.78, 5) is 38.5. The molecule has 1 heterocycles. The van der Waals surface area contributed by atoms with Crippen molar-refractivity contribution >= 4 is 11.7 Å². The first-order valence-corrected chi connectivity index (χ1v) is 13.1. The summed E-state index contributed by atoms with van der Waals surface area (Å²) in [5, 5.41) is 7.03. The first kappa shape index (κ1) is 27.6. The summed E-state index contributed by atoms with van der Waals surface area (Å²) in [6.07, 6.45) is 1.53. The number of rotatable bonds is 13. The minimum Gasteiger partial charge on any atom is -0.489 e. The monoisotopic (exact) mass is 527 g/mol. The van der Waals surface area contributed by atoms with Crippen molar-refractivity contribution < 1.29 is 18.7 Å². The lowest BCUT2D eigenvalue weighted by Gasteiger charge is -2.19. The van der Waals surface area contributed by atoms with E-state index in [-0.39, 0.29) is 30.0 Å². The third kappa shape index (κ3) is 8.26. The van der Waals surface area contributed by atoms with Gasteiger partial charge in [0.1, 0.15) is 18.9 Å². The first-order valence-electron chi connectivity index (χ1n) is 13.1. The summed E-state index contributed by atoms with van der Waals surface area (Å²) in [6, 6.07) is 25.6. The number of carbonyl (C=O) groups is 2. The molecule has 8 heteroatoms. The average molecular weight is 528 g/mol. The van der Waals surface area contributed by atoms with Gasteiger partial charge in [0.05, 0.1) is 6.04 Å². The van der Waals surface area contributed by atoms with Crippen LogP contribution in [0.4, 0.5) is 0 Å². The maximum atomic E-state index is 13.2. The number of nitrogens with one attached hydrogen (secondary N) is 1. The molecule has 1 aromatic heterocycles. The summed E-state index contributed by atoms with van der Waals surface area (Å²) in [6.45, 7) is 4.08. The molecule has 8 nitrogen and oxygen atoms in total. The molecule has 0 radical (unpaired) electrons. The van der Waals surface area contributed by atoms with Crippen LogP contribution in [0.25, 0.3) is 0 Å². The molecule has 1 amide bonds. The number of carbonyl (C=O) groups excluding carboxylic acids is 2. The number of ketones is 1. The third-order valence-corrected chi connectivity index (χ3v) is 6.19. The van der Waals surface area contributed by atoms with E-state index < -0.39 is 11.8 Å². The molecule has 0 aliphatic heterocycles. The van der Waals surface area contributed by atoms with E-state index in [1.165, 1.54) is 0 Å². The second kappa shape index (κ2) is 13.4. The fourth-order valence-corrected chi connectivity index (χ4v) is 4.13. The Labute approximate surface area is 227 Å². The number of aromatic nitrogens is 2. The van der Waals surface area contributed by atoms with E-state index in [4.69, 9.17) is 9.15 Å². The number of hydrogen-bond donors (Lipinski definition) is 1. The highest BCUT2D eigenvalue weighted by Crippen LogP contribution is 2.15. The number of Topliss-reactive ketones (excluding diaryl/α,β-unsaturated/α-hetero) is 1. The molecule has 39 heavy (non-hydrogen) atoms. The molecule has 4 rings (SSSR count). The Hall–Kier alpha value is -4.46. The standard InChI is InChI=1S/C31H33N3O5/c1-22(2)19-27(28(35)20-34-31(37)39-29(33-34)18-13-23-9-5-3-6-10-23)32-30(36)25-14-16-26(17-15-25)38-21-24-11-7-4-8-12-24/h3-12,14-17,22,27H,13,18-21H2,1-2H3,(H,32,36)/t27-/m0/s1. The molecule has 0 aliphatic carbocycles. The Morgan fingerprint density at radius 3 is 2.18 bits per heavy atom. The van der Waals surface area contributed by atoms with Gasteiger partial charge in [0.2, 0.25) is 5.89 Å². The highest BCUT2D eigenvalue weighted by atomic mass is 16.5. The summed E-state index contributed by atoms with van der Waals surface area (Å²) in [5.74, 6) is -0.325. The Morgan fingerprint density at radius 1 is 0.897 bits per heavy atom. The molecule has 0 aliphatic rings. The molecule has 1 atom stereocenters. The van der Waals surface area contributed by atoms with Crippen LogP contribution >= 0.6 is 0 Å². The molecule has 0 spiro atoms. The van der Waals surface area contributed by atoms with E-state index in [2.05, 4.69) is 10.4 Å². The first-order chi connectivity index (χ1) is 18.9. The molecule has 1 N–H and O–H groups in total. The number of ether oxygens (including phenoxy) is 1. The van der Waals surface area contributed by atoms with Gasteiger partial charge in [-0.25, -0.2) is 4.79 Å². The highest BCUT2D eigenvalue weighted by molar-refractivity contribution is 5.98. The second-order valence-corrected chi connectivity index (χ2v) is 9.83. The highest BCUT2D eigenvalue weighted by Gasteiger charge is 2.24. The van der Waals surface area contributed by atoms with Crippen molar-refractivity contribution in [3.8, 4) is 5.75 Å². The molecule has 202 valence electrons. The Kier molecular flexibility index (Phi) is 9.45. The van der Waals surface area contributed by atoms with Crippen molar-refractivity contribution in [2.24, 2.45) is 5.92 Å². The van der Waals surface area contributed by atoms with Gasteiger partial charge in [-0.3, -0.25) is 9.59 Å². The molecular formula is C31H33N3O5. The zero-order valence-corrected chi connectivity index (χ0v) is 22.2. The van der Waals surface area contributed by atoms with Crippen LogP contribution in [0.1, 0.15) is 47.6 Å². The fraction of sp³-hybridized carbons (Fsp3) is 0.290. The van der Waals surface area contributed by atoms with Crippen molar-refractivity contribution in [3.63, 3.8) is 0 Å². The van der Waals surface area contributed by atoms with Crippen LogP contribution in [0.15, 0.2) is 94.1 Å². The van der Waals surface area contributed by atoms with Crippen molar-refractivity contribution in [2.45, 2.75) is 52.3 Å². The van der Waals surface area contributed by atoms with Crippen LogP contribution < -0.4 is 15.8 Å². The molecule has 0 bridgehead atoms. The summed E-state index contributed by atoms with van der Waals surface area (Å²) >= 11 is 0. The maximum Gasteiger partial charge on any atom is 0.437 e. The van der Waals surface area contributed by atoms with Crippen LogP contribution in [0.5, 0.6) is 5.75 Å². The molecular weight excluding hydrogens is 494 g/mol. The number of hydrogen-bond acceptors (Lipinski definition) is 6. The molecule has 0 fully saturated rings. The predicted molar refractivity (Wildman–Crippen MR) is 148 cm³/mol. The lowest BCUT2D eigenvalue weighted by molar-refractivity contribution is -0.122. The van der Waals surface area contributed by atoms with Crippen LogP contribution in [-0.2, 0) is 30.8 Å². The molecule has 4 aromatic rings. The van der Waals surface area contributed by atoms with E-state index in [1.54, 1.807) is 24.3 Å². The van der Waals surface area contributed by atoms with Gasteiger partial charge in [-0.2, -0.15) is 4.68 Å². The van der Waals surface area contributed by atoms with E-state index >= 15 is 0 Å². The largest absolute Gasteiger partial charge is 0.489 e. The number of amides is 1. The molecule has 0 saturated heterocycles. The normalized spacial score (nSPS) is 11.8. The Balaban J connectivity index is 1.35. The lowest BCUT2D eigenvalue weighted by atomic mass is 9.99. The second-order valence-electron chi connectivity index (χ2n) is 9.83. The van der Waals surface area contributed by atoms with Gasteiger partial charge in [0.25, 0.3) is 5.91 Å². The van der Waals surface area contributed by atoms with E-state index in [0.29, 0.717) is 37.2 Å². The van der Waals surface area contributed by atoms with E-state index in [1.807, 2.05) is 74.5 Å². The van der Waals surface area contributed by atoms with Crippen LogP contribution in [0, 0.1) is 5.92 Å². The number of aryl methyl sites for hydroxylation is 2. The van der Waals surface area contributed by atoms with Crippen LogP contribution in [-0.4, -0.2) is 27.5 Å². The molecule has 0 saturated carbocycles. The van der Waals surface area contributed by atoms with Gasteiger partial charge < -0.3 is 14.5 Å². The smallest absolute Gasteiger partial charge is 0.437 e. The lowest BCUT2D eigenvalue weighted by Crippen LogP contribution is -2.44. The van der Waals surface area contributed by atoms with Crippen LogP contribution in [0.3, 0.4) is 0 Å². The predicted octanol–water partition coefficient (Wildman–Crippen LogP) is 4.61. The topological polar surface area (TPSA) is 103 Å². The molecule has 3 aromatic carbocycles. The third-order valence-electron chi connectivity index (χ3n) is 6.19. The molecule has 0 unspecified atom stereocenters. The van der Waals surface area contributed by atoms with Crippen molar-refractivity contribution in [2.75, 3.05) is 0 Å². The zero-order chi connectivity index (χ0) is 27.6. The SMILES string of the molecule is CC(C)C[C@H](NC(=O)c1ccc(OCc2ccccc2)cc1)C(=O)Cn1nc(CCc2ccccc2)oc1=O. The fourth-order valence-electron chi connectivity index (χ4n) is 4.13. The van der Waals surface area contributed by atoms with Gasteiger partial charge in [-0.15, -0.1) is 5.10 Å². The van der Waals surface area contributed by atoms with Gasteiger partial charge >= 0.3 is 5.76 Å². The summed E-state index contributed by atoms with van der Waals surface area (Å²) < 4.78 is 12.1. The quantitative estimate of drug-likeness (QED) is 0.272. The Morgan fingerprint density at radius 2 is 1.54 bits per heavy atom. The van der Waals surface area contributed by atoms with Crippen molar-refractivity contribution in [3.05, 3.63) is 118 Å². The van der Waals surface area contributed by atoms with Gasteiger partial charge in [-0.1, -0.05) is 74.5 Å².